The second-order valence-corrected chi connectivity index (χ2v) is 8.18. The van der Waals surface area contributed by atoms with Gasteiger partial charge in [0.25, 0.3) is 5.91 Å². The molecule has 2 N–H and O–H groups in total. The molecule has 0 unspecified atom stereocenters. The highest BCUT2D eigenvalue weighted by Crippen LogP contribution is 2.25. The molecule has 11 heteroatoms. The highest BCUT2D eigenvalue weighted by atomic mass is 35.5. The van der Waals surface area contributed by atoms with Crippen LogP contribution < -0.4 is 10.6 Å². The highest BCUT2D eigenvalue weighted by Gasteiger charge is 2.16. The smallest absolute Gasteiger partial charge is 0.254 e. The summed E-state index contributed by atoms with van der Waals surface area (Å²) in [4.78, 5) is 24.5. The molecule has 0 aliphatic heterocycles. The highest BCUT2D eigenvalue weighted by molar-refractivity contribution is 7.99. The van der Waals surface area contributed by atoms with Crippen molar-refractivity contribution in [3.8, 4) is 0 Å². The Balaban J connectivity index is 1.61. The maximum atomic E-state index is 13.8. The molecule has 2 amide bonds. The summed E-state index contributed by atoms with van der Waals surface area (Å²) in [5.74, 6) is -0.928. The van der Waals surface area contributed by atoms with Crippen LogP contribution in [0, 0.1) is 5.82 Å². The number of hydrogen-bond donors (Lipinski definition) is 2. The van der Waals surface area contributed by atoms with E-state index in [0.29, 0.717) is 33.3 Å². The lowest BCUT2D eigenvalue weighted by Gasteiger charge is -2.09. The zero-order valence-electron chi connectivity index (χ0n) is 16.6. The summed E-state index contributed by atoms with van der Waals surface area (Å²) in [7, 11) is 0. The Morgan fingerprint density at radius 2 is 1.94 bits per heavy atom. The molecule has 1 heterocycles. The van der Waals surface area contributed by atoms with Crippen molar-refractivity contribution in [1.29, 1.82) is 0 Å². The van der Waals surface area contributed by atoms with Gasteiger partial charge in [0.05, 0.1) is 27.9 Å². The van der Waals surface area contributed by atoms with Crippen LogP contribution in [0.4, 0.5) is 10.1 Å². The first-order chi connectivity index (χ1) is 15.4. The summed E-state index contributed by atoms with van der Waals surface area (Å²) in [6, 6.07) is 10.5. The summed E-state index contributed by atoms with van der Waals surface area (Å²) in [5, 5.41) is 14.7. The first-order valence-corrected chi connectivity index (χ1v) is 11.1. The van der Waals surface area contributed by atoms with Gasteiger partial charge in [-0.25, -0.2) is 4.39 Å². The van der Waals surface area contributed by atoms with E-state index < -0.39 is 11.7 Å². The molecule has 166 valence electrons. The van der Waals surface area contributed by atoms with Crippen molar-refractivity contribution < 1.29 is 14.0 Å². The van der Waals surface area contributed by atoms with Crippen LogP contribution in [0.3, 0.4) is 0 Å². The molecule has 3 aromatic rings. The lowest BCUT2D eigenvalue weighted by atomic mass is 10.2. The molecular formula is C21H18Cl2FN5O2S. The number of thioether (sulfide) groups is 1. The van der Waals surface area contributed by atoms with Crippen molar-refractivity contribution >= 4 is 52.5 Å². The Labute approximate surface area is 198 Å². The normalized spacial score (nSPS) is 10.6. The van der Waals surface area contributed by atoms with Gasteiger partial charge in [-0.1, -0.05) is 53.2 Å². The number of carbonyl (C=O) groups is 2. The molecule has 0 spiro atoms. The third kappa shape index (κ3) is 6.09. The van der Waals surface area contributed by atoms with E-state index in [4.69, 9.17) is 23.2 Å². The predicted molar refractivity (Wildman–Crippen MR) is 124 cm³/mol. The van der Waals surface area contributed by atoms with E-state index in [2.05, 4.69) is 27.4 Å². The van der Waals surface area contributed by atoms with Crippen LogP contribution in [0.15, 0.2) is 60.3 Å². The van der Waals surface area contributed by atoms with E-state index in [1.54, 1.807) is 34.9 Å². The molecule has 3 rings (SSSR count). The number of benzene rings is 2. The zero-order chi connectivity index (χ0) is 23.1. The summed E-state index contributed by atoms with van der Waals surface area (Å²) in [6.07, 6.45) is 1.64. The first-order valence-electron chi connectivity index (χ1n) is 9.32. The fraction of sp³-hybridized carbons (Fsp3) is 0.143. The Morgan fingerprint density at radius 1 is 1.16 bits per heavy atom. The van der Waals surface area contributed by atoms with E-state index in [-0.39, 0.29) is 23.8 Å². The molecule has 2 aromatic carbocycles. The van der Waals surface area contributed by atoms with Gasteiger partial charge >= 0.3 is 0 Å². The van der Waals surface area contributed by atoms with Gasteiger partial charge in [-0.2, -0.15) is 0 Å². The second kappa shape index (κ2) is 11.1. The van der Waals surface area contributed by atoms with Gasteiger partial charge in [0.15, 0.2) is 11.0 Å². The average Bonchev–Trinajstić information content (AvgIpc) is 3.15. The largest absolute Gasteiger partial charge is 0.345 e. The summed E-state index contributed by atoms with van der Waals surface area (Å²) in [5.41, 5.74) is 0.463. The van der Waals surface area contributed by atoms with Crippen molar-refractivity contribution in [2.24, 2.45) is 0 Å². The van der Waals surface area contributed by atoms with Crippen molar-refractivity contribution in [1.82, 2.24) is 20.1 Å². The lowest BCUT2D eigenvalue weighted by Crippen LogP contribution is -2.25. The minimum atomic E-state index is -0.609. The third-order valence-corrected chi connectivity index (χ3v) is 5.87. The Bertz CT molecular complexity index is 1150. The molecule has 7 nitrogen and oxygen atoms in total. The minimum absolute atomic E-state index is 0.0318. The maximum Gasteiger partial charge on any atom is 0.254 e. The number of aromatic nitrogens is 3. The van der Waals surface area contributed by atoms with Gasteiger partial charge < -0.3 is 15.2 Å². The van der Waals surface area contributed by atoms with Gasteiger partial charge in [-0.3, -0.25) is 9.59 Å². The van der Waals surface area contributed by atoms with Crippen LogP contribution >= 0.6 is 35.0 Å². The van der Waals surface area contributed by atoms with Gasteiger partial charge in [-0.15, -0.1) is 16.8 Å². The number of amides is 2. The maximum absolute atomic E-state index is 13.8. The second-order valence-electron chi connectivity index (χ2n) is 6.43. The van der Waals surface area contributed by atoms with Crippen molar-refractivity contribution in [3.05, 3.63) is 82.4 Å². The molecule has 0 saturated heterocycles. The van der Waals surface area contributed by atoms with E-state index in [1.807, 2.05) is 0 Å². The monoisotopic (exact) mass is 493 g/mol. The molecule has 0 saturated carbocycles. The van der Waals surface area contributed by atoms with E-state index in [0.717, 1.165) is 0 Å². The van der Waals surface area contributed by atoms with Gasteiger partial charge in [0, 0.05) is 12.2 Å². The molecule has 32 heavy (non-hydrogen) atoms. The van der Waals surface area contributed by atoms with Gasteiger partial charge in [0.2, 0.25) is 5.91 Å². The van der Waals surface area contributed by atoms with Crippen LogP contribution in [-0.4, -0.2) is 32.3 Å². The number of nitrogens with zero attached hydrogens (tertiary/aromatic N) is 3. The number of rotatable bonds is 9. The van der Waals surface area contributed by atoms with Crippen molar-refractivity contribution in [2.75, 3.05) is 11.1 Å². The fourth-order valence-corrected chi connectivity index (χ4v) is 3.73. The zero-order valence-corrected chi connectivity index (χ0v) is 19.0. The Kier molecular flexibility index (Phi) is 8.26. The van der Waals surface area contributed by atoms with E-state index in [9.17, 15) is 14.0 Å². The quantitative estimate of drug-likeness (QED) is 0.336. The average molecular weight is 494 g/mol. The van der Waals surface area contributed by atoms with Gasteiger partial charge in [-0.05, 0) is 30.3 Å². The summed E-state index contributed by atoms with van der Waals surface area (Å²) < 4.78 is 15.5. The number of anilines is 1. The van der Waals surface area contributed by atoms with Crippen molar-refractivity contribution in [3.63, 3.8) is 0 Å². The molecule has 0 fully saturated rings. The number of hydrogen-bond acceptors (Lipinski definition) is 5. The standard InChI is InChI=1S/C21H18Cl2FN5O2S/c1-2-9-29-18(11-25-20(31)14-5-3-4-6-17(14)24)27-28-21(29)32-12-19(30)26-13-7-8-15(22)16(23)10-13/h2-8,10H,1,9,11-12H2,(H,25,31)(H,26,30). The van der Waals surface area contributed by atoms with Crippen LogP contribution in [0.5, 0.6) is 0 Å². The van der Waals surface area contributed by atoms with E-state index in [1.165, 1.54) is 30.0 Å². The Hall–Kier alpha value is -2.88. The number of halogens is 3. The van der Waals surface area contributed by atoms with Crippen LogP contribution in [-0.2, 0) is 17.9 Å². The number of allylic oxidation sites excluding steroid dienone is 1. The first kappa shape index (κ1) is 23.8. The number of nitrogens with one attached hydrogen (secondary N) is 2. The minimum Gasteiger partial charge on any atom is -0.345 e. The lowest BCUT2D eigenvalue weighted by molar-refractivity contribution is -0.113. The molecule has 0 radical (unpaired) electrons. The van der Waals surface area contributed by atoms with Crippen LogP contribution in [0.1, 0.15) is 16.2 Å². The predicted octanol–water partition coefficient (Wildman–Crippen LogP) is 4.57. The molecule has 1 aromatic heterocycles. The van der Waals surface area contributed by atoms with Gasteiger partial charge in [0.1, 0.15) is 5.82 Å². The fourth-order valence-electron chi connectivity index (χ4n) is 2.67. The van der Waals surface area contributed by atoms with Crippen molar-refractivity contribution in [2.45, 2.75) is 18.2 Å². The molecular weight excluding hydrogens is 476 g/mol. The summed E-state index contributed by atoms with van der Waals surface area (Å²) >= 11 is 13.0. The molecule has 0 aliphatic carbocycles. The molecule has 0 atom stereocenters. The summed E-state index contributed by atoms with van der Waals surface area (Å²) in [6.45, 7) is 4.11. The van der Waals surface area contributed by atoms with Crippen LogP contribution in [0.2, 0.25) is 10.0 Å². The topological polar surface area (TPSA) is 88.9 Å². The molecule has 0 aliphatic rings. The van der Waals surface area contributed by atoms with E-state index >= 15 is 0 Å². The Morgan fingerprint density at radius 3 is 2.66 bits per heavy atom. The third-order valence-electron chi connectivity index (χ3n) is 4.17. The SMILES string of the molecule is C=CCn1c(CNC(=O)c2ccccc2F)nnc1SCC(=O)Nc1ccc(Cl)c(Cl)c1. The number of carbonyl (C=O) groups excluding carboxylic acids is 2. The molecule has 0 bridgehead atoms. The van der Waals surface area contributed by atoms with Crippen LogP contribution in [0.25, 0.3) is 0 Å².